The van der Waals surface area contributed by atoms with E-state index in [-0.39, 0.29) is 17.9 Å². The van der Waals surface area contributed by atoms with Crippen LogP contribution in [0.4, 0.5) is 5.69 Å². The number of carbonyl (C=O) groups is 2. The molecule has 1 aliphatic rings. The molecule has 4 nitrogen and oxygen atoms in total. The quantitative estimate of drug-likeness (QED) is 0.912. The van der Waals surface area contributed by atoms with Gasteiger partial charge in [-0.25, -0.2) is 0 Å². The normalized spacial score (nSPS) is 18.8. The summed E-state index contributed by atoms with van der Waals surface area (Å²) in [5.41, 5.74) is 0.741. The summed E-state index contributed by atoms with van der Waals surface area (Å²) in [7, 11) is 0. The lowest BCUT2D eigenvalue weighted by Gasteiger charge is -2.22. The molecular formula is C13H15BrN2O2. The highest BCUT2D eigenvalue weighted by atomic mass is 79.9. The van der Waals surface area contributed by atoms with Crippen LogP contribution in [-0.4, -0.2) is 29.3 Å². The molecule has 2 amide bonds. The van der Waals surface area contributed by atoms with E-state index in [9.17, 15) is 9.59 Å². The largest absolute Gasteiger partial charge is 0.331 e. The van der Waals surface area contributed by atoms with Crippen molar-refractivity contribution in [3.63, 3.8) is 0 Å². The first kappa shape index (κ1) is 13.1. The molecule has 0 saturated carbocycles. The molecule has 1 heterocycles. The fourth-order valence-electron chi connectivity index (χ4n) is 2.21. The predicted molar refractivity (Wildman–Crippen MR) is 73.2 cm³/mol. The summed E-state index contributed by atoms with van der Waals surface area (Å²) in [5, 5.41) is 2.85. The van der Waals surface area contributed by atoms with Gasteiger partial charge in [-0.1, -0.05) is 22.0 Å². The second kappa shape index (κ2) is 5.52. The van der Waals surface area contributed by atoms with Crippen LogP contribution in [0.25, 0.3) is 0 Å². The van der Waals surface area contributed by atoms with Gasteiger partial charge in [-0.3, -0.25) is 9.59 Å². The van der Waals surface area contributed by atoms with E-state index in [0.29, 0.717) is 6.54 Å². The van der Waals surface area contributed by atoms with Crippen molar-refractivity contribution in [1.29, 1.82) is 0 Å². The van der Waals surface area contributed by atoms with Crippen molar-refractivity contribution < 1.29 is 9.59 Å². The average Bonchev–Trinajstić information content (AvgIpc) is 2.77. The highest BCUT2D eigenvalue weighted by Crippen LogP contribution is 2.20. The molecule has 5 heteroatoms. The fraction of sp³-hybridized carbons (Fsp3) is 0.385. The summed E-state index contributed by atoms with van der Waals surface area (Å²) in [5.74, 6) is -0.150. The lowest BCUT2D eigenvalue weighted by molar-refractivity contribution is -0.134. The number of rotatable bonds is 2. The van der Waals surface area contributed by atoms with Crippen molar-refractivity contribution in [3.05, 3.63) is 28.7 Å². The third kappa shape index (κ3) is 2.90. The molecule has 1 aromatic rings. The van der Waals surface area contributed by atoms with Crippen LogP contribution >= 0.6 is 15.9 Å². The Hall–Kier alpha value is -1.36. The standard InChI is InChI=1S/C13H15BrN2O2/c1-9(17)16-7-3-6-12(16)13(18)15-11-5-2-4-10(14)8-11/h2,4-5,8,12H,3,6-7H2,1H3,(H,15,18). The number of anilines is 1. The molecule has 0 aliphatic carbocycles. The number of halogens is 1. The Kier molecular flexibility index (Phi) is 4.01. The minimum atomic E-state index is -0.332. The van der Waals surface area contributed by atoms with Crippen molar-refractivity contribution in [1.82, 2.24) is 4.90 Å². The van der Waals surface area contributed by atoms with Gasteiger partial charge in [0.25, 0.3) is 0 Å². The summed E-state index contributed by atoms with van der Waals surface area (Å²) in [6.07, 6.45) is 1.62. The molecule has 2 rings (SSSR count). The minimum absolute atomic E-state index is 0.0399. The van der Waals surface area contributed by atoms with Crippen LogP contribution in [0.15, 0.2) is 28.7 Å². The van der Waals surface area contributed by atoms with Gasteiger partial charge in [-0.05, 0) is 31.0 Å². The Morgan fingerprint density at radius 3 is 2.89 bits per heavy atom. The molecule has 0 aromatic heterocycles. The van der Waals surface area contributed by atoms with E-state index < -0.39 is 0 Å². The second-order valence-electron chi connectivity index (χ2n) is 4.37. The molecular weight excluding hydrogens is 296 g/mol. The van der Waals surface area contributed by atoms with Crippen LogP contribution in [0.5, 0.6) is 0 Å². The van der Waals surface area contributed by atoms with Crippen molar-refractivity contribution in [2.45, 2.75) is 25.8 Å². The van der Waals surface area contributed by atoms with E-state index >= 15 is 0 Å². The smallest absolute Gasteiger partial charge is 0.247 e. The number of likely N-dealkylation sites (tertiary alicyclic amines) is 1. The van der Waals surface area contributed by atoms with Crippen LogP contribution < -0.4 is 5.32 Å². The zero-order valence-corrected chi connectivity index (χ0v) is 11.7. The molecule has 0 spiro atoms. The van der Waals surface area contributed by atoms with Crippen molar-refractivity contribution in [3.8, 4) is 0 Å². The van der Waals surface area contributed by atoms with Gasteiger partial charge >= 0.3 is 0 Å². The first-order valence-electron chi connectivity index (χ1n) is 5.91. The molecule has 1 aliphatic heterocycles. The summed E-state index contributed by atoms with van der Waals surface area (Å²) >= 11 is 3.35. The highest BCUT2D eigenvalue weighted by molar-refractivity contribution is 9.10. The lowest BCUT2D eigenvalue weighted by atomic mass is 10.2. The molecule has 1 saturated heterocycles. The Morgan fingerprint density at radius 1 is 1.44 bits per heavy atom. The van der Waals surface area contributed by atoms with Crippen molar-refractivity contribution in [2.75, 3.05) is 11.9 Å². The molecule has 1 fully saturated rings. The van der Waals surface area contributed by atoms with Gasteiger partial charge in [0.1, 0.15) is 6.04 Å². The van der Waals surface area contributed by atoms with Crippen LogP contribution in [0.2, 0.25) is 0 Å². The number of nitrogens with zero attached hydrogens (tertiary/aromatic N) is 1. The molecule has 0 radical (unpaired) electrons. The number of amides is 2. The van der Waals surface area contributed by atoms with Gasteiger partial charge in [0.05, 0.1) is 0 Å². The van der Waals surface area contributed by atoms with Crippen molar-refractivity contribution in [2.24, 2.45) is 0 Å². The zero-order chi connectivity index (χ0) is 13.1. The number of benzene rings is 1. The summed E-state index contributed by atoms with van der Waals surface area (Å²) in [4.78, 5) is 25.2. The molecule has 1 atom stereocenters. The SMILES string of the molecule is CC(=O)N1CCCC1C(=O)Nc1cccc(Br)c1. The fourth-order valence-corrected chi connectivity index (χ4v) is 2.61. The van der Waals surface area contributed by atoms with Gasteiger partial charge in [0.15, 0.2) is 0 Å². The Balaban J connectivity index is 2.06. The van der Waals surface area contributed by atoms with Gasteiger partial charge < -0.3 is 10.2 Å². The average molecular weight is 311 g/mol. The maximum absolute atomic E-state index is 12.1. The highest BCUT2D eigenvalue weighted by Gasteiger charge is 2.32. The number of nitrogens with one attached hydrogen (secondary N) is 1. The summed E-state index contributed by atoms with van der Waals surface area (Å²) in [6, 6.07) is 7.09. The van der Waals surface area contributed by atoms with E-state index in [2.05, 4.69) is 21.2 Å². The molecule has 1 N–H and O–H groups in total. The first-order chi connectivity index (χ1) is 8.58. The summed E-state index contributed by atoms with van der Waals surface area (Å²) in [6.45, 7) is 2.18. The zero-order valence-electron chi connectivity index (χ0n) is 10.1. The van der Waals surface area contributed by atoms with Crippen LogP contribution in [0.3, 0.4) is 0 Å². The van der Waals surface area contributed by atoms with Gasteiger partial charge in [0, 0.05) is 23.6 Å². The maximum atomic E-state index is 12.1. The van der Waals surface area contributed by atoms with E-state index in [1.54, 1.807) is 4.90 Å². The van der Waals surface area contributed by atoms with E-state index in [4.69, 9.17) is 0 Å². The van der Waals surface area contributed by atoms with Crippen LogP contribution in [0.1, 0.15) is 19.8 Å². The second-order valence-corrected chi connectivity index (χ2v) is 5.29. The van der Waals surface area contributed by atoms with E-state index in [0.717, 1.165) is 23.0 Å². The predicted octanol–water partition coefficient (Wildman–Crippen LogP) is 2.40. The summed E-state index contributed by atoms with van der Waals surface area (Å²) < 4.78 is 0.912. The first-order valence-corrected chi connectivity index (χ1v) is 6.71. The molecule has 18 heavy (non-hydrogen) atoms. The molecule has 1 aromatic carbocycles. The van der Waals surface area contributed by atoms with Gasteiger partial charge in [-0.2, -0.15) is 0 Å². The monoisotopic (exact) mass is 310 g/mol. The Morgan fingerprint density at radius 2 is 2.22 bits per heavy atom. The van der Waals surface area contributed by atoms with E-state index in [1.807, 2.05) is 24.3 Å². The van der Waals surface area contributed by atoms with E-state index in [1.165, 1.54) is 6.92 Å². The number of hydrogen-bond donors (Lipinski definition) is 1. The van der Waals surface area contributed by atoms with Crippen LogP contribution in [-0.2, 0) is 9.59 Å². The van der Waals surface area contributed by atoms with Gasteiger partial charge in [-0.15, -0.1) is 0 Å². The molecule has 0 bridgehead atoms. The Bertz CT molecular complexity index is 476. The molecule has 1 unspecified atom stereocenters. The number of hydrogen-bond acceptors (Lipinski definition) is 2. The van der Waals surface area contributed by atoms with Crippen molar-refractivity contribution >= 4 is 33.4 Å². The Labute approximate surface area is 114 Å². The third-order valence-electron chi connectivity index (χ3n) is 3.05. The third-order valence-corrected chi connectivity index (χ3v) is 3.55. The lowest BCUT2D eigenvalue weighted by Crippen LogP contribution is -2.42. The number of carbonyl (C=O) groups excluding carboxylic acids is 2. The van der Waals surface area contributed by atoms with Gasteiger partial charge in [0.2, 0.25) is 11.8 Å². The minimum Gasteiger partial charge on any atom is -0.331 e. The van der Waals surface area contributed by atoms with Crippen LogP contribution in [0, 0.1) is 0 Å². The molecule has 96 valence electrons. The maximum Gasteiger partial charge on any atom is 0.247 e. The topological polar surface area (TPSA) is 49.4 Å².